The van der Waals surface area contributed by atoms with E-state index in [1.54, 1.807) is 0 Å². The molecule has 0 unspecified atom stereocenters. The fourth-order valence-corrected chi connectivity index (χ4v) is 8.69. The van der Waals surface area contributed by atoms with Crippen LogP contribution in [0.4, 0.5) is 0 Å². The zero-order valence-electron chi connectivity index (χ0n) is 28.4. The van der Waals surface area contributed by atoms with E-state index in [0.717, 1.165) is 89.2 Å². The molecule has 4 nitrogen and oxygen atoms in total. The van der Waals surface area contributed by atoms with Crippen LogP contribution in [0.1, 0.15) is 0 Å². The van der Waals surface area contributed by atoms with Crippen LogP contribution in [-0.4, -0.2) is 11.5 Å². The van der Waals surface area contributed by atoms with Crippen LogP contribution in [0, 0.1) is 0 Å². The predicted molar refractivity (Wildman–Crippen MR) is 217 cm³/mol. The molecule has 8 aromatic carbocycles. The molecule has 0 saturated heterocycles. The van der Waals surface area contributed by atoms with Gasteiger partial charge in [-0.05, 0) is 76.9 Å². The van der Waals surface area contributed by atoms with Crippen molar-refractivity contribution in [3.8, 4) is 56.3 Å². The first-order valence-corrected chi connectivity index (χ1v) is 18.0. The molecule has 2 aliphatic heterocycles. The van der Waals surface area contributed by atoms with Crippen molar-refractivity contribution < 1.29 is 13.8 Å². The predicted octanol–water partition coefficient (Wildman–Crippen LogP) is 11.3. The lowest BCUT2D eigenvalue weighted by molar-refractivity contribution is 0.479. The average Bonchev–Trinajstić information content (AvgIpc) is 3.77. The Hall–Kier alpha value is -6.98. The van der Waals surface area contributed by atoms with E-state index < -0.39 is 0 Å². The number of nitrogens with zero attached hydrogens (tertiary/aromatic N) is 1. The van der Waals surface area contributed by atoms with Gasteiger partial charge in [-0.25, -0.2) is 0 Å². The topological polar surface area (TPSA) is 36.5 Å². The molecule has 10 aromatic rings. The fourth-order valence-electron chi connectivity index (χ4n) is 8.69. The molecule has 0 fully saturated rings. The number of furan rings is 1. The van der Waals surface area contributed by atoms with Crippen LogP contribution in [0.2, 0.25) is 0 Å². The second-order valence-corrected chi connectivity index (χ2v) is 14.0. The van der Waals surface area contributed by atoms with Crippen molar-refractivity contribution in [2.45, 2.75) is 0 Å². The summed E-state index contributed by atoms with van der Waals surface area (Å²) < 4.78 is 22.5. The van der Waals surface area contributed by atoms with Gasteiger partial charge in [0.2, 0.25) is 0 Å². The molecule has 0 aliphatic carbocycles. The summed E-state index contributed by atoms with van der Waals surface area (Å²) in [6.07, 6.45) is 0. The Morgan fingerprint density at radius 3 is 2.02 bits per heavy atom. The second-order valence-electron chi connectivity index (χ2n) is 14.0. The first-order valence-electron chi connectivity index (χ1n) is 18.0. The van der Waals surface area contributed by atoms with Crippen molar-refractivity contribution in [1.29, 1.82) is 0 Å². The lowest BCUT2D eigenvalue weighted by Crippen LogP contribution is -2.53. The maximum Gasteiger partial charge on any atom is 0.434 e. The molecule has 5 heteroatoms. The molecule has 4 heterocycles. The van der Waals surface area contributed by atoms with Crippen LogP contribution in [0.25, 0.3) is 82.8 Å². The quantitative estimate of drug-likeness (QED) is 0.175. The third kappa shape index (κ3) is 4.13. The Morgan fingerprint density at radius 2 is 1.15 bits per heavy atom. The Labute approximate surface area is 305 Å². The fraction of sp³-hybridized carbons (Fsp3) is 0. The van der Waals surface area contributed by atoms with E-state index in [2.05, 4.69) is 150 Å². The van der Waals surface area contributed by atoms with Gasteiger partial charge >= 0.3 is 6.92 Å². The Kier molecular flexibility index (Phi) is 5.83. The largest absolute Gasteiger partial charge is 0.551 e. The average molecular weight is 678 g/mol. The maximum absolute atomic E-state index is 6.98. The molecule has 0 bridgehead atoms. The van der Waals surface area contributed by atoms with Crippen LogP contribution >= 0.6 is 0 Å². The van der Waals surface area contributed by atoms with E-state index in [-0.39, 0.29) is 6.92 Å². The summed E-state index contributed by atoms with van der Waals surface area (Å²) in [4.78, 5) is 0. The molecule has 246 valence electrons. The molecule has 0 atom stereocenters. The standard InChI is InChI=1S/C48H28BNO3/c1-5-19-41-34(13-1)35-14-2-6-20-42(35)50(41)32-12-9-11-29(25-32)31-26-39-37-24-23-30(33-16-10-17-38-36-15-3-7-21-43(36)52-48(33)38)27-45(37)53-49-40-18-4-8-22-44(40)51-46(28-31)47(39)49/h1-28H. The third-order valence-corrected chi connectivity index (χ3v) is 11.1. The summed E-state index contributed by atoms with van der Waals surface area (Å²) in [5.41, 5.74) is 13.8. The van der Waals surface area contributed by atoms with Crippen molar-refractivity contribution in [1.82, 2.24) is 4.57 Å². The molecule has 0 spiro atoms. The highest BCUT2D eigenvalue weighted by atomic mass is 16.5. The van der Waals surface area contributed by atoms with Gasteiger partial charge in [0.15, 0.2) is 0 Å². The van der Waals surface area contributed by atoms with E-state index in [9.17, 15) is 0 Å². The molecule has 2 aliphatic rings. The molecular weight excluding hydrogens is 649 g/mol. The van der Waals surface area contributed by atoms with Gasteiger partial charge in [0.05, 0.1) is 11.0 Å². The van der Waals surface area contributed by atoms with Gasteiger partial charge in [-0.1, -0.05) is 115 Å². The number of rotatable bonds is 3. The maximum atomic E-state index is 6.98. The van der Waals surface area contributed by atoms with E-state index in [0.29, 0.717) is 0 Å². The summed E-state index contributed by atoms with van der Waals surface area (Å²) in [6.45, 7) is -0.298. The highest BCUT2D eigenvalue weighted by Crippen LogP contribution is 2.45. The first kappa shape index (κ1) is 28.7. The van der Waals surface area contributed by atoms with Gasteiger partial charge in [-0.2, -0.15) is 0 Å². The monoisotopic (exact) mass is 677 g/mol. The highest BCUT2D eigenvalue weighted by molar-refractivity contribution is 6.84. The number of hydrogen-bond donors (Lipinski definition) is 0. The molecule has 2 aromatic heterocycles. The zero-order valence-corrected chi connectivity index (χ0v) is 28.4. The van der Waals surface area contributed by atoms with Gasteiger partial charge in [0, 0.05) is 49.3 Å². The van der Waals surface area contributed by atoms with Crippen LogP contribution in [0.5, 0.6) is 17.2 Å². The van der Waals surface area contributed by atoms with Gasteiger partial charge < -0.3 is 18.4 Å². The smallest absolute Gasteiger partial charge is 0.434 e. The van der Waals surface area contributed by atoms with Crippen molar-refractivity contribution in [2.24, 2.45) is 0 Å². The number of fused-ring (bicyclic) bond motifs is 10. The van der Waals surface area contributed by atoms with Gasteiger partial charge in [0.25, 0.3) is 0 Å². The number of benzene rings is 8. The number of ether oxygens (including phenoxy) is 1. The first-order chi connectivity index (χ1) is 26.3. The van der Waals surface area contributed by atoms with E-state index in [1.807, 2.05) is 24.3 Å². The SMILES string of the molecule is c1cc(-c2cc3c4c(c2)-c2ccc(-c5cccc6c5oc5ccccc56)cc2OB4c2ccccc2O3)cc(-n2c3ccccc3c3ccccc32)c1. The van der Waals surface area contributed by atoms with Crippen LogP contribution in [0.3, 0.4) is 0 Å². The third-order valence-electron chi connectivity index (χ3n) is 11.1. The Morgan fingerprint density at radius 1 is 0.434 bits per heavy atom. The van der Waals surface area contributed by atoms with E-state index in [1.165, 1.54) is 21.8 Å². The molecule has 12 rings (SSSR count). The lowest BCUT2D eigenvalue weighted by Gasteiger charge is -2.33. The molecule has 0 amide bonds. The summed E-state index contributed by atoms with van der Waals surface area (Å²) in [6, 6.07) is 60.0. The Balaban J connectivity index is 1.04. The van der Waals surface area contributed by atoms with Crippen molar-refractivity contribution >= 4 is 61.6 Å². The van der Waals surface area contributed by atoms with Crippen molar-refractivity contribution in [2.75, 3.05) is 0 Å². The van der Waals surface area contributed by atoms with E-state index in [4.69, 9.17) is 13.8 Å². The van der Waals surface area contributed by atoms with Gasteiger partial charge in [-0.3, -0.25) is 0 Å². The second kappa shape index (κ2) is 10.8. The van der Waals surface area contributed by atoms with E-state index >= 15 is 0 Å². The highest BCUT2D eigenvalue weighted by Gasteiger charge is 2.41. The van der Waals surface area contributed by atoms with Crippen LogP contribution < -0.4 is 20.3 Å². The van der Waals surface area contributed by atoms with Gasteiger partial charge in [0.1, 0.15) is 28.4 Å². The summed E-state index contributed by atoms with van der Waals surface area (Å²) >= 11 is 0. The number of aromatic nitrogens is 1. The summed E-state index contributed by atoms with van der Waals surface area (Å²) in [7, 11) is 0. The van der Waals surface area contributed by atoms with Gasteiger partial charge in [-0.15, -0.1) is 0 Å². The minimum Gasteiger partial charge on any atom is -0.551 e. The minimum absolute atomic E-state index is 0.298. The minimum atomic E-state index is -0.298. The summed E-state index contributed by atoms with van der Waals surface area (Å²) in [5, 5.41) is 4.72. The van der Waals surface area contributed by atoms with Crippen LogP contribution in [0.15, 0.2) is 174 Å². The molecule has 53 heavy (non-hydrogen) atoms. The molecular formula is C48H28BNO3. The molecule has 0 saturated carbocycles. The molecule has 0 radical (unpaired) electrons. The number of para-hydroxylation sites is 5. The zero-order chi connectivity index (χ0) is 34.6. The summed E-state index contributed by atoms with van der Waals surface area (Å²) in [5.74, 6) is 2.48. The lowest BCUT2D eigenvalue weighted by atomic mass is 9.50. The Bertz CT molecular complexity index is 3100. The number of hydrogen-bond acceptors (Lipinski definition) is 3. The van der Waals surface area contributed by atoms with Crippen molar-refractivity contribution in [3.63, 3.8) is 0 Å². The normalized spacial score (nSPS) is 12.8. The van der Waals surface area contributed by atoms with Crippen molar-refractivity contribution in [3.05, 3.63) is 170 Å². The molecule has 0 N–H and O–H groups in total. The van der Waals surface area contributed by atoms with Crippen LogP contribution in [-0.2, 0) is 0 Å².